The standard InChI is InChI=1S/C12H14ClNO5S/c1-2-12(17)6-14(7-12)20(18,19)10-5-8(11(15)16)3-4-9(10)13/h3-5,17H,2,6-7H2,1H3,(H,15,16). The van der Waals surface area contributed by atoms with Gasteiger partial charge in [0.15, 0.2) is 0 Å². The summed E-state index contributed by atoms with van der Waals surface area (Å²) < 4.78 is 25.8. The molecule has 6 nitrogen and oxygen atoms in total. The van der Waals surface area contributed by atoms with Crippen LogP contribution in [0.25, 0.3) is 0 Å². The lowest BCUT2D eigenvalue weighted by molar-refractivity contribution is -0.0613. The summed E-state index contributed by atoms with van der Waals surface area (Å²) in [7, 11) is -3.89. The van der Waals surface area contributed by atoms with Crippen molar-refractivity contribution in [3.8, 4) is 0 Å². The van der Waals surface area contributed by atoms with Gasteiger partial charge in [-0.3, -0.25) is 0 Å². The second kappa shape index (κ2) is 5.00. The molecule has 2 N–H and O–H groups in total. The lowest BCUT2D eigenvalue weighted by atomic mass is 9.94. The van der Waals surface area contributed by atoms with Crippen LogP contribution in [0.4, 0.5) is 0 Å². The maximum absolute atomic E-state index is 12.4. The number of aromatic carboxylic acids is 1. The molecule has 0 radical (unpaired) electrons. The van der Waals surface area contributed by atoms with E-state index in [1.807, 2.05) is 0 Å². The van der Waals surface area contributed by atoms with Crippen LogP contribution in [0.1, 0.15) is 23.7 Å². The maximum atomic E-state index is 12.4. The molecule has 0 unspecified atom stereocenters. The van der Waals surface area contributed by atoms with Crippen molar-refractivity contribution in [1.29, 1.82) is 0 Å². The Labute approximate surface area is 121 Å². The number of halogens is 1. The van der Waals surface area contributed by atoms with Crippen LogP contribution in [-0.2, 0) is 10.0 Å². The summed E-state index contributed by atoms with van der Waals surface area (Å²) in [5, 5.41) is 18.7. The first kappa shape index (κ1) is 15.2. The summed E-state index contributed by atoms with van der Waals surface area (Å²) >= 11 is 5.85. The number of carboxylic acid groups (broad SMARTS) is 1. The highest BCUT2D eigenvalue weighted by Crippen LogP contribution is 2.33. The molecule has 0 bridgehead atoms. The van der Waals surface area contributed by atoms with Gasteiger partial charge in [0.1, 0.15) is 4.90 Å². The quantitative estimate of drug-likeness (QED) is 0.869. The number of rotatable bonds is 4. The molecule has 0 amide bonds. The van der Waals surface area contributed by atoms with Crippen molar-refractivity contribution < 1.29 is 23.4 Å². The number of sulfonamides is 1. The highest BCUT2D eigenvalue weighted by molar-refractivity contribution is 7.89. The smallest absolute Gasteiger partial charge is 0.335 e. The molecule has 8 heteroatoms. The zero-order chi connectivity index (χ0) is 15.1. The van der Waals surface area contributed by atoms with Gasteiger partial charge in [0.25, 0.3) is 0 Å². The topological polar surface area (TPSA) is 94.9 Å². The van der Waals surface area contributed by atoms with Gasteiger partial charge in [0, 0.05) is 13.1 Å². The molecular weight excluding hydrogens is 306 g/mol. The van der Waals surface area contributed by atoms with E-state index < -0.39 is 21.6 Å². The van der Waals surface area contributed by atoms with Gasteiger partial charge >= 0.3 is 5.97 Å². The van der Waals surface area contributed by atoms with E-state index in [2.05, 4.69) is 0 Å². The highest BCUT2D eigenvalue weighted by atomic mass is 35.5. The van der Waals surface area contributed by atoms with Crippen molar-refractivity contribution >= 4 is 27.6 Å². The third-order valence-electron chi connectivity index (χ3n) is 3.40. The Bertz CT molecular complexity index is 652. The Morgan fingerprint density at radius 3 is 2.55 bits per heavy atom. The van der Waals surface area contributed by atoms with Crippen molar-refractivity contribution in [3.63, 3.8) is 0 Å². The molecule has 2 rings (SSSR count). The highest BCUT2D eigenvalue weighted by Gasteiger charge is 2.46. The third kappa shape index (κ3) is 2.54. The van der Waals surface area contributed by atoms with Crippen molar-refractivity contribution in [3.05, 3.63) is 28.8 Å². The minimum atomic E-state index is -3.89. The predicted octanol–water partition coefficient (Wildman–Crippen LogP) is 1.18. The zero-order valence-corrected chi connectivity index (χ0v) is 12.3. The minimum absolute atomic E-state index is 0.0144. The van der Waals surface area contributed by atoms with Gasteiger partial charge in [-0.05, 0) is 24.6 Å². The molecule has 1 aliphatic rings. The second-order valence-electron chi connectivity index (χ2n) is 4.80. The van der Waals surface area contributed by atoms with Crippen LogP contribution in [0.15, 0.2) is 23.1 Å². The number of nitrogens with zero attached hydrogens (tertiary/aromatic N) is 1. The number of carbonyl (C=O) groups is 1. The first-order valence-electron chi connectivity index (χ1n) is 5.95. The summed E-state index contributed by atoms with van der Waals surface area (Å²) in [6, 6.07) is 3.51. The normalized spacial score (nSPS) is 18.6. The van der Waals surface area contributed by atoms with Crippen LogP contribution < -0.4 is 0 Å². The summed E-state index contributed by atoms with van der Waals surface area (Å²) in [6.45, 7) is 1.74. The molecule has 1 aromatic carbocycles. The van der Waals surface area contributed by atoms with E-state index in [0.717, 1.165) is 10.4 Å². The Balaban J connectivity index is 2.36. The van der Waals surface area contributed by atoms with Crippen LogP contribution in [0.3, 0.4) is 0 Å². The molecule has 0 spiro atoms. The summed E-state index contributed by atoms with van der Waals surface area (Å²) in [5.41, 5.74) is -1.16. The molecular formula is C12H14ClNO5S. The number of hydrogen-bond donors (Lipinski definition) is 2. The van der Waals surface area contributed by atoms with Crippen LogP contribution in [0.2, 0.25) is 5.02 Å². The largest absolute Gasteiger partial charge is 0.478 e. The molecule has 0 saturated carbocycles. The fraction of sp³-hybridized carbons (Fsp3) is 0.417. The first-order chi connectivity index (χ1) is 9.19. The summed E-state index contributed by atoms with van der Waals surface area (Å²) in [5.74, 6) is -1.23. The van der Waals surface area contributed by atoms with Gasteiger partial charge in [-0.1, -0.05) is 18.5 Å². The van der Waals surface area contributed by atoms with Crippen molar-refractivity contribution in [2.45, 2.75) is 23.8 Å². The van der Waals surface area contributed by atoms with E-state index >= 15 is 0 Å². The van der Waals surface area contributed by atoms with Crippen LogP contribution in [0.5, 0.6) is 0 Å². The Hall–Kier alpha value is -1.15. The molecule has 1 fully saturated rings. The predicted molar refractivity (Wildman–Crippen MR) is 72.4 cm³/mol. The van der Waals surface area contributed by atoms with E-state index in [1.165, 1.54) is 12.1 Å². The molecule has 1 aliphatic heterocycles. The fourth-order valence-electron chi connectivity index (χ4n) is 1.98. The zero-order valence-electron chi connectivity index (χ0n) is 10.7. The molecule has 1 aromatic rings. The first-order valence-corrected chi connectivity index (χ1v) is 7.77. The molecule has 1 heterocycles. The fourth-order valence-corrected chi connectivity index (χ4v) is 4.08. The maximum Gasteiger partial charge on any atom is 0.335 e. The van der Waals surface area contributed by atoms with Gasteiger partial charge < -0.3 is 10.2 Å². The second-order valence-corrected chi connectivity index (χ2v) is 7.11. The summed E-state index contributed by atoms with van der Waals surface area (Å²) in [6.07, 6.45) is 0.446. The SMILES string of the molecule is CCC1(O)CN(S(=O)(=O)c2cc(C(=O)O)ccc2Cl)C1. The Morgan fingerprint density at radius 2 is 2.05 bits per heavy atom. The number of benzene rings is 1. The lowest BCUT2D eigenvalue weighted by Gasteiger charge is -2.44. The van der Waals surface area contributed by atoms with Gasteiger partial charge in [0.05, 0.1) is 16.2 Å². The lowest BCUT2D eigenvalue weighted by Crippen LogP contribution is -2.62. The molecule has 0 aromatic heterocycles. The average molecular weight is 320 g/mol. The van der Waals surface area contributed by atoms with E-state index in [0.29, 0.717) is 6.42 Å². The van der Waals surface area contributed by atoms with E-state index in [1.54, 1.807) is 6.92 Å². The minimum Gasteiger partial charge on any atom is -0.478 e. The molecule has 0 atom stereocenters. The molecule has 1 saturated heterocycles. The van der Waals surface area contributed by atoms with Gasteiger partial charge in [0.2, 0.25) is 10.0 Å². The van der Waals surface area contributed by atoms with E-state index in [-0.39, 0.29) is 28.6 Å². The van der Waals surface area contributed by atoms with Crippen molar-refractivity contribution in [2.24, 2.45) is 0 Å². The van der Waals surface area contributed by atoms with Gasteiger partial charge in [-0.25, -0.2) is 13.2 Å². The van der Waals surface area contributed by atoms with Crippen molar-refractivity contribution in [2.75, 3.05) is 13.1 Å². The van der Waals surface area contributed by atoms with Gasteiger partial charge in [-0.2, -0.15) is 4.31 Å². The summed E-state index contributed by atoms with van der Waals surface area (Å²) in [4.78, 5) is 10.7. The Kier molecular flexibility index (Phi) is 3.81. The van der Waals surface area contributed by atoms with Gasteiger partial charge in [-0.15, -0.1) is 0 Å². The number of hydrogen-bond acceptors (Lipinski definition) is 4. The number of carboxylic acids is 1. The van der Waals surface area contributed by atoms with Crippen LogP contribution in [-0.4, -0.2) is 47.6 Å². The molecule has 20 heavy (non-hydrogen) atoms. The van der Waals surface area contributed by atoms with E-state index in [4.69, 9.17) is 16.7 Å². The van der Waals surface area contributed by atoms with Crippen LogP contribution >= 0.6 is 11.6 Å². The number of aliphatic hydroxyl groups is 1. The third-order valence-corrected chi connectivity index (χ3v) is 5.67. The number of β-amino-alcohol motifs (C(OH)–C–C–N with tert-alkyl or cyclic N) is 1. The van der Waals surface area contributed by atoms with E-state index in [9.17, 15) is 18.3 Å². The van der Waals surface area contributed by atoms with Crippen LogP contribution in [0, 0.1) is 0 Å². The monoisotopic (exact) mass is 319 g/mol. The average Bonchev–Trinajstić information content (AvgIpc) is 2.34. The molecule has 0 aliphatic carbocycles. The Morgan fingerprint density at radius 1 is 1.45 bits per heavy atom. The van der Waals surface area contributed by atoms with Crippen molar-refractivity contribution in [1.82, 2.24) is 4.31 Å². The molecule has 110 valence electrons.